The molecule has 23 heavy (non-hydrogen) atoms. The summed E-state index contributed by atoms with van der Waals surface area (Å²) in [4.78, 5) is 16.9. The summed E-state index contributed by atoms with van der Waals surface area (Å²) in [6, 6.07) is -0.393. The molecule has 1 aromatic rings. The number of rotatable bonds is 6. The van der Waals surface area contributed by atoms with E-state index in [0.29, 0.717) is 0 Å². The largest absolute Gasteiger partial charge is 0.394 e. The van der Waals surface area contributed by atoms with Crippen molar-refractivity contribution < 1.29 is 9.90 Å². The van der Waals surface area contributed by atoms with Crippen molar-refractivity contribution in [2.24, 2.45) is 0 Å². The van der Waals surface area contributed by atoms with Gasteiger partial charge in [-0.05, 0) is 26.2 Å². The monoisotopic (exact) mass is 323 g/mol. The molecule has 2 amide bonds. The van der Waals surface area contributed by atoms with Crippen molar-refractivity contribution in [3.63, 3.8) is 0 Å². The molecule has 0 aromatic carbocycles. The lowest BCUT2D eigenvalue weighted by Crippen LogP contribution is -2.53. The van der Waals surface area contributed by atoms with Crippen LogP contribution in [0.1, 0.15) is 77.0 Å². The second kappa shape index (κ2) is 7.29. The molecule has 2 rings (SSSR count). The third-order valence-corrected chi connectivity index (χ3v) is 4.28. The van der Waals surface area contributed by atoms with Crippen molar-refractivity contribution in [3.05, 3.63) is 11.6 Å². The van der Waals surface area contributed by atoms with Crippen LogP contribution in [0.5, 0.6) is 0 Å². The Kier molecular flexibility index (Phi) is 5.62. The standard InChI is InChI=1S/C16H29N5O2/c1-5-8-16(4,10-22)19-15(23)17-12-7-6-9-21-14(12)18-13(20-21)11(2)3/h11-12,22H,5-10H2,1-4H3,(H2,17,19,23). The van der Waals surface area contributed by atoms with E-state index < -0.39 is 5.54 Å². The van der Waals surface area contributed by atoms with Crippen molar-refractivity contribution >= 4 is 6.03 Å². The summed E-state index contributed by atoms with van der Waals surface area (Å²) >= 11 is 0. The van der Waals surface area contributed by atoms with Gasteiger partial charge in [0.05, 0.1) is 18.2 Å². The van der Waals surface area contributed by atoms with Crippen LogP contribution in [0.2, 0.25) is 0 Å². The van der Waals surface area contributed by atoms with E-state index in [2.05, 4.69) is 34.6 Å². The smallest absolute Gasteiger partial charge is 0.315 e. The van der Waals surface area contributed by atoms with Gasteiger partial charge in [0.1, 0.15) is 5.82 Å². The number of amides is 2. The SMILES string of the molecule is CCCC(C)(CO)NC(=O)NC1CCCn2nc(C(C)C)nc21. The normalized spacial score (nSPS) is 20.0. The van der Waals surface area contributed by atoms with Crippen LogP contribution >= 0.6 is 0 Å². The summed E-state index contributed by atoms with van der Waals surface area (Å²) < 4.78 is 1.90. The average molecular weight is 323 g/mol. The molecule has 2 unspecified atom stereocenters. The van der Waals surface area contributed by atoms with E-state index in [1.807, 2.05) is 18.5 Å². The molecule has 0 radical (unpaired) electrons. The second-order valence-electron chi connectivity index (χ2n) is 6.97. The number of nitrogens with one attached hydrogen (secondary N) is 2. The molecule has 130 valence electrons. The molecule has 0 aliphatic carbocycles. The highest BCUT2D eigenvalue weighted by atomic mass is 16.3. The molecule has 7 nitrogen and oxygen atoms in total. The molecular formula is C16H29N5O2. The van der Waals surface area contributed by atoms with Gasteiger partial charge in [0.25, 0.3) is 0 Å². The van der Waals surface area contributed by atoms with Gasteiger partial charge in [0.15, 0.2) is 5.82 Å². The van der Waals surface area contributed by atoms with Gasteiger partial charge in [0, 0.05) is 12.5 Å². The zero-order valence-corrected chi connectivity index (χ0v) is 14.6. The predicted molar refractivity (Wildman–Crippen MR) is 88.2 cm³/mol. The van der Waals surface area contributed by atoms with Gasteiger partial charge in [-0.3, -0.25) is 0 Å². The summed E-state index contributed by atoms with van der Waals surface area (Å²) in [5.41, 5.74) is -0.593. The highest BCUT2D eigenvalue weighted by Crippen LogP contribution is 2.25. The van der Waals surface area contributed by atoms with Crippen LogP contribution in [0.25, 0.3) is 0 Å². The van der Waals surface area contributed by atoms with Crippen molar-refractivity contribution in [1.29, 1.82) is 0 Å². The molecule has 1 aromatic heterocycles. The highest BCUT2D eigenvalue weighted by molar-refractivity contribution is 5.75. The Labute approximate surface area is 137 Å². The summed E-state index contributed by atoms with van der Waals surface area (Å²) in [6.45, 7) is 8.79. The molecule has 0 fully saturated rings. The fraction of sp³-hybridized carbons (Fsp3) is 0.812. The Hall–Kier alpha value is -1.63. The lowest BCUT2D eigenvalue weighted by atomic mass is 9.97. The third-order valence-electron chi connectivity index (χ3n) is 4.28. The van der Waals surface area contributed by atoms with Crippen molar-refractivity contribution in [2.75, 3.05) is 6.61 Å². The Morgan fingerprint density at radius 2 is 2.26 bits per heavy atom. The number of aromatic nitrogens is 3. The fourth-order valence-electron chi connectivity index (χ4n) is 2.95. The zero-order chi connectivity index (χ0) is 17.0. The number of carbonyl (C=O) groups is 1. The van der Waals surface area contributed by atoms with Gasteiger partial charge >= 0.3 is 6.03 Å². The van der Waals surface area contributed by atoms with Crippen molar-refractivity contribution in [1.82, 2.24) is 25.4 Å². The molecule has 2 atom stereocenters. The van der Waals surface area contributed by atoms with Crippen LogP contribution in [0, 0.1) is 0 Å². The van der Waals surface area contributed by atoms with Gasteiger partial charge in [-0.2, -0.15) is 5.10 Å². The number of hydrogen-bond donors (Lipinski definition) is 3. The third kappa shape index (κ3) is 4.22. The lowest BCUT2D eigenvalue weighted by molar-refractivity contribution is 0.161. The number of aryl methyl sites for hydroxylation is 1. The first-order valence-corrected chi connectivity index (χ1v) is 8.52. The molecule has 0 spiro atoms. The second-order valence-corrected chi connectivity index (χ2v) is 6.97. The Morgan fingerprint density at radius 1 is 1.52 bits per heavy atom. The molecule has 7 heteroatoms. The van der Waals surface area contributed by atoms with Crippen LogP contribution in [-0.2, 0) is 6.54 Å². The van der Waals surface area contributed by atoms with Crippen LogP contribution in [0.3, 0.4) is 0 Å². The average Bonchev–Trinajstić information content (AvgIpc) is 2.93. The van der Waals surface area contributed by atoms with E-state index in [1.165, 1.54) is 0 Å². The van der Waals surface area contributed by atoms with Crippen LogP contribution in [0.4, 0.5) is 4.79 Å². The Balaban J connectivity index is 2.05. The number of nitrogens with zero attached hydrogens (tertiary/aromatic N) is 3. The highest BCUT2D eigenvalue weighted by Gasteiger charge is 2.29. The molecule has 0 saturated heterocycles. The molecule has 1 aliphatic rings. The molecule has 2 heterocycles. The quantitative estimate of drug-likeness (QED) is 0.747. The molecule has 3 N–H and O–H groups in total. The summed E-state index contributed by atoms with van der Waals surface area (Å²) in [5.74, 6) is 1.92. The fourth-order valence-corrected chi connectivity index (χ4v) is 2.95. The van der Waals surface area contributed by atoms with Crippen LogP contribution in [-0.4, -0.2) is 38.0 Å². The van der Waals surface area contributed by atoms with E-state index in [4.69, 9.17) is 0 Å². The van der Waals surface area contributed by atoms with Crippen molar-refractivity contribution in [2.45, 2.75) is 77.4 Å². The maximum absolute atomic E-state index is 12.3. The van der Waals surface area contributed by atoms with E-state index in [1.54, 1.807) is 0 Å². The van der Waals surface area contributed by atoms with E-state index in [0.717, 1.165) is 43.9 Å². The first-order chi connectivity index (χ1) is 10.9. The van der Waals surface area contributed by atoms with Gasteiger partial charge in [-0.15, -0.1) is 0 Å². The van der Waals surface area contributed by atoms with E-state index in [9.17, 15) is 9.90 Å². The maximum atomic E-state index is 12.3. The van der Waals surface area contributed by atoms with E-state index >= 15 is 0 Å². The van der Waals surface area contributed by atoms with Crippen LogP contribution < -0.4 is 10.6 Å². The first-order valence-electron chi connectivity index (χ1n) is 8.52. The minimum absolute atomic E-state index is 0.0768. The van der Waals surface area contributed by atoms with Gasteiger partial charge in [-0.25, -0.2) is 14.5 Å². The molecule has 0 bridgehead atoms. The van der Waals surface area contributed by atoms with Gasteiger partial charge in [-0.1, -0.05) is 27.2 Å². The number of fused-ring (bicyclic) bond motifs is 1. The van der Waals surface area contributed by atoms with Gasteiger partial charge in [0.2, 0.25) is 0 Å². The maximum Gasteiger partial charge on any atom is 0.315 e. The first kappa shape index (κ1) is 17.7. The predicted octanol–water partition coefficient (Wildman–Crippen LogP) is 2.09. The topological polar surface area (TPSA) is 92.1 Å². The van der Waals surface area contributed by atoms with E-state index in [-0.39, 0.29) is 24.6 Å². The molecule has 0 saturated carbocycles. The number of hydrogen-bond acceptors (Lipinski definition) is 4. The number of urea groups is 1. The zero-order valence-electron chi connectivity index (χ0n) is 14.6. The number of aliphatic hydroxyl groups is 1. The number of carbonyl (C=O) groups excluding carboxylic acids is 1. The Bertz CT molecular complexity index is 543. The lowest BCUT2D eigenvalue weighted by Gasteiger charge is -2.30. The molecular weight excluding hydrogens is 294 g/mol. The van der Waals surface area contributed by atoms with Gasteiger partial charge < -0.3 is 15.7 Å². The Morgan fingerprint density at radius 3 is 2.87 bits per heavy atom. The minimum Gasteiger partial charge on any atom is -0.394 e. The summed E-state index contributed by atoms with van der Waals surface area (Å²) in [6.07, 6.45) is 3.44. The summed E-state index contributed by atoms with van der Waals surface area (Å²) in [5, 5.41) is 19.9. The van der Waals surface area contributed by atoms with Crippen molar-refractivity contribution in [3.8, 4) is 0 Å². The number of aliphatic hydroxyl groups excluding tert-OH is 1. The minimum atomic E-state index is -0.593. The van der Waals surface area contributed by atoms with Crippen LogP contribution in [0.15, 0.2) is 0 Å². The molecule has 1 aliphatic heterocycles. The summed E-state index contributed by atoms with van der Waals surface area (Å²) in [7, 11) is 0.